The first kappa shape index (κ1) is 15.3. The van der Waals surface area contributed by atoms with Crippen LogP contribution in [-0.2, 0) is 15.9 Å². The molecule has 0 aliphatic carbocycles. The third-order valence-electron chi connectivity index (χ3n) is 3.24. The Bertz CT molecular complexity index is 667. The van der Waals surface area contributed by atoms with Crippen molar-refractivity contribution < 1.29 is 23.4 Å². The first-order valence-electron chi connectivity index (χ1n) is 6.57. The number of halogens is 1. The first-order chi connectivity index (χ1) is 10.1. The molecule has 2 aromatic rings. The molecule has 4 nitrogen and oxygen atoms in total. The van der Waals surface area contributed by atoms with Crippen LogP contribution in [0.2, 0.25) is 0 Å². The Labute approximate surface area is 122 Å². The van der Waals surface area contributed by atoms with Gasteiger partial charge < -0.3 is 14.2 Å². The van der Waals surface area contributed by atoms with Crippen molar-refractivity contribution in [2.75, 3.05) is 21.0 Å². The van der Waals surface area contributed by atoms with Crippen LogP contribution >= 0.6 is 0 Å². The smallest absolute Gasteiger partial charge is 0.338 e. The van der Waals surface area contributed by atoms with Crippen LogP contribution in [0.25, 0.3) is 10.8 Å². The molecule has 0 atom stereocenters. The number of ether oxygens (including phenoxy) is 3. The van der Waals surface area contributed by atoms with Gasteiger partial charge in [0, 0.05) is 12.5 Å². The highest BCUT2D eigenvalue weighted by atomic mass is 19.1. The third kappa shape index (κ3) is 2.97. The van der Waals surface area contributed by atoms with Gasteiger partial charge in [-0.2, -0.15) is 0 Å². The Balaban J connectivity index is 2.71. The molecule has 0 unspecified atom stereocenters. The predicted octanol–water partition coefficient (Wildman–Crippen LogP) is 3.31. The average molecular weight is 292 g/mol. The van der Waals surface area contributed by atoms with E-state index in [0.29, 0.717) is 23.1 Å². The largest absolute Gasteiger partial charge is 0.468 e. The van der Waals surface area contributed by atoms with E-state index in [1.807, 2.05) is 6.92 Å². The summed E-state index contributed by atoms with van der Waals surface area (Å²) in [6.07, 6.45) is 0.478. The second-order valence-electron chi connectivity index (χ2n) is 4.49. The van der Waals surface area contributed by atoms with E-state index >= 15 is 0 Å². The molecule has 0 saturated carbocycles. The summed E-state index contributed by atoms with van der Waals surface area (Å²) >= 11 is 0. The SMILES string of the molecule is CCc1c(F)ccc2cc(OCOC)cc(C(=O)OC)c12. The molecule has 0 N–H and O–H groups in total. The van der Waals surface area contributed by atoms with E-state index in [9.17, 15) is 9.18 Å². The molecule has 0 aliphatic rings. The Morgan fingerprint density at radius 1 is 1.24 bits per heavy atom. The molecular formula is C16H17FO4. The lowest BCUT2D eigenvalue weighted by molar-refractivity contribution is 0.0505. The summed E-state index contributed by atoms with van der Waals surface area (Å²) in [4.78, 5) is 12.0. The zero-order chi connectivity index (χ0) is 15.4. The molecule has 0 spiro atoms. The molecule has 0 aliphatic heterocycles. The lowest BCUT2D eigenvalue weighted by Crippen LogP contribution is -2.06. The van der Waals surface area contributed by atoms with E-state index in [4.69, 9.17) is 14.2 Å². The van der Waals surface area contributed by atoms with Crippen molar-refractivity contribution in [1.29, 1.82) is 0 Å². The minimum atomic E-state index is -0.525. The van der Waals surface area contributed by atoms with Gasteiger partial charge in [0.1, 0.15) is 11.6 Å². The number of rotatable bonds is 5. The highest BCUT2D eigenvalue weighted by Gasteiger charge is 2.17. The van der Waals surface area contributed by atoms with Crippen molar-refractivity contribution in [3.8, 4) is 5.75 Å². The Morgan fingerprint density at radius 3 is 2.62 bits per heavy atom. The van der Waals surface area contributed by atoms with Gasteiger partial charge in [-0.1, -0.05) is 13.0 Å². The topological polar surface area (TPSA) is 44.8 Å². The highest BCUT2D eigenvalue weighted by molar-refractivity contribution is 6.06. The highest BCUT2D eigenvalue weighted by Crippen LogP contribution is 2.31. The van der Waals surface area contributed by atoms with Crippen LogP contribution in [-0.4, -0.2) is 27.0 Å². The van der Waals surface area contributed by atoms with Crippen LogP contribution in [0.4, 0.5) is 4.39 Å². The van der Waals surface area contributed by atoms with Crippen molar-refractivity contribution in [3.63, 3.8) is 0 Å². The van der Waals surface area contributed by atoms with Crippen LogP contribution in [0.3, 0.4) is 0 Å². The van der Waals surface area contributed by atoms with Crippen molar-refractivity contribution in [3.05, 3.63) is 41.2 Å². The lowest BCUT2D eigenvalue weighted by atomic mass is 9.97. The summed E-state index contributed by atoms with van der Waals surface area (Å²) in [5.74, 6) is -0.387. The number of methoxy groups -OCH3 is 2. The van der Waals surface area contributed by atoms with Gasteiger partial charge in [-0.05, 0) is 35.6 Å². The van der Waals surface area contributed by atoms with Crippen LogP contribution in [0.15, 0.2) is 24.3 Å². The van der Waals surface area contributed by atoms with Gasteiger partial charge in [-0.15, -0.1) is 0 Å². The molecule has 0 bridgehead atoms. The first-order valence-corrected chi connectivity index (χ1v) is 6.57. The molecule has 0 radical (unpaired) electrons. The third-order valence-corrected chi connectivity index (χ3v) is 3.24. The Kier molecular flexibility index (Phi) is 4.75. The Hall–Kier alpha value is -2.14. The van der Waals surface area contributed by atoms with Gasteiger partial charge in [0.15, 0.2) is 6.79 Å². The minimum Gasteiger partial charge on any atom is -0.468 e. The van der Waals surface area contributed by atoms with Crippen LogP contribution < -0.4 is 4.74 Å². The number of hydrogen-bond acceptors (Lipinski definition) is 4. The number of esters is 1. The maximum Gasteiger partial charge on any atom is 0.338 e. The van der Waals surface area contributed by atoms with Crippen molar-refractivity contribution in [2.24, 2.45) is 0 Å². The number of carbonyl (C=O) groups excluding carboxylic acids is 1. The summed E-state index contributed by atoms with van der Waals surface area (Å²) in [5.41, 5.74) is 0.781. The molecule has 0 fully saturated rings. The molecule has 0 aromatic heterocycles. The molecule has 0 saturated heterocycles. The molecule has 2 aromatic carbocycles. The second kappa shape index (κ2) is 6.54. The molecule has 5 heteroatoms. The molecule has 21 heavy (non-hydrogen) atoms. The standard InChI is InChI=1S/C16H17FO4/c1-4-12-14(17)6-5-10-7-11(21-9-19-2)8-13(15(10)12)16(18)20-3/h5-8H,4,9H2,1-3H3. The average Bonchev–Trinajstić information content (AvgIpc) is 2.51. The normalized spacial score (nSPS) is 10.7. The van der Waals surface area contributed by atoms with Crippen LogP contribution in [0.5, 0.6) is 5.75 Å². The zero-order valence-electron chi connectivity index (χ0n) is 12.2. The fourth-order valence-corrected chi connectivity index (χ4v) is 2.32. The number of carbonyl (C=O) groups is 1. The summed E-state index contributed by atoms with van der Waals surface area (Å²) in [5, 5.41) is 1.29. The fraction of sp³-hybridized carbons (Fsp3) is 0.312. The van der Waals surface area contributed by atoms with Gasteiger partial charge in [0.2, 0.25) is 0 Å². The maximum absolute atomic E-state index is 14.0. The summed E-state index contributed by atoms with van der Waals surface area (Å²) in [7, 11) is 2.80. The molecular weight excluding hydrogens is 275 g/mol. The van der Waals surface area contributed by atoms with Crippen molar-refractivity contribution in [1.82, 2.24) is 0 Å². The van der Waals surface area contributed by atoms with E-state index in [0.717, 1.165) is 5.39 Å². The quantitative estimate of drug-likeness (QED) is 0.626. The fourth-order valence-electron chi connectivity index (χ4n) is 2.32. The summed E-state index contributed by atoms with van der Waals surface area (Å²) in [6, 6.07) is 6.31. The van der Waals surface area contributed by atoms with E-state index in [1.54, 1.807) is 18.2 Å². The number of benzene rings is 2. The molecule has 0 heterocycles. The number of aryl methyl sites for hydroxylation is 1. The summed E-state index contributed by atoms with van der Waals surface area (Å²) in [6.45, 7) is 1.90. The maximum atomic E-state index is 14.0. The van der Waals surface area contributed by atoms with Gasteiger partial charge in [-0.3, -0.25) is 0 Å². The van der Waals surface area contributed by atoms with Crippen LogP contribution in [0.1, 0.15) is 22.8 Å². The van der Waals surface area contributed by atoms with Gasteiger partial charge in [-0.25, -0.2) is 9.18 Å². The monoisotopic (exact) mass is 292 g/mol. The molecule has 112 valence electrons. The Morgan fingerprint density at radius 2 is 2.00 bits per heavy atom. The van der Waals surface area contributed by atoms with Crippen LogP contribution in [0, 0.1) is 5.82 Å². The predicted molar refractivity (Wildman–Crippen MR) is 77.1 cm³/mol. The van der Waals surface area contributed by atoms with E-state index in [2.05, 4.69) is 0 Å². The van der Waals surface area contributed by atoms with E-state index in [-0.39, 0.29) is 18.2 Å². The molecule has 0 amide bonds. The summed E-state index contributed by atoms with van der Waals surface area (Å²) < 4.78 is 29.0. The second-order valence-corrected chi connectivity index (χ2v) is 4.49. The van der Waals surface area contributed by atoms with Gasteiger partial charge >= 0.3 is 5.97 Å². The van der Waals surface area contributed by atoms with E-state index in [1.165, 1.54) is 20.3 Å². The minimum absolute atomic E-state index is 0.0634. The zero-order valence-corrected chi connectivity index (χ0v) is 12.2. The van der Waals surface area contributed by atoms with Gasteiger partial charge in [0.25, 0.3) is 0 Å². The lowest BCUT2D eigenvalue weighted by Gasteiger charge is -2.13. The number of fused-ring (bicyclic) bond motifs is 1. The number of hydrogen-bond donors (Lipinski definition) is 0. The van der Waals surface area contributed by atoms with Crippen molar-refractivity contribution in [2.45, 2.75) is 13.3 Å². The molecule has 2 rings (SSSR count). The van der Waals surface area contributed by atoms with Crippen molar-refractivity contribution >= 4 is 16.7 Å². The van der Waals surface area contributed by atoms with Gasteiger partial charge in [0.05, 0.1) is 12.7 Å². The van der Waals surface area contributed by atoms with E-state index < -0.39 is 5.97 Å².